The number of rotatable bonds is 6. The van der Waals surface area contributed by atoms with E-state index in [4.69, 9.17) is 5.11 Å². The van der Waals surface area contributed by atoms with Gasteiger partial charge >= 0.3 is 5.97 Å². The van der Waals surface area contributed by atoms with E-state index in [-0.39, 0.29) is 18.0 Å². The van der Waals surface area contributed by atoms with Crippen LogP contribution in [0.25, 0.3) is 0 Å². The van der Waals surface area contributed by atoms with Gasteiger partial charge in [-0.25, -0.2) is 13.1 Å². The number of aromatic nitrogens is 2. The molecule has 1 aromatic rings. The predicted molar refractivity (Wildman–Crippen MR) is 55.3 cm³/mol. The second-order valence-corrected chi connectivity index (χ2v) is 4.74. The average molecular weight is 247 g/mol. The molecule has 0 unspecified atom stereocenters. The highest BCUT2D eigenvalue weighted by atomic mass is 32.2. The molecule has 90 valence electrons. The fraction of sp³-hybridized carbons (Fsp3) is 0.500. The van der Waals surface area contributed by atoms with Crippen LogP contribution in [0.5, 0.6) is 0 Å². The van der Waals surface area contributed by atoms with Crippen molar-refractivity contribution in [1.82, 2.24) is 14.5 Å². The lowest BCUT2D eigenvalue weighted by Gasteiger charge is -2.06. The van der Waals surface area contributed by atoms with Crippen LogP contribution in [0.4, 0.5) is 0 Å². The van der Waals surface area contributed by atoms with Gasteiger partial charge in [-0.05, 0) is 13.0 Å². The molecule has 0 aromatic carbocycles. The Morgan fingerprint density at radius 2 is 2.31 bits per heavy atom. The van der Waals surface area contributed by atoms with E-state index in [2.05, 4.69) is 9.82 Å². The third-order valence-electron chi connectivity index (χ3n) is 1.88. The molecule has 0 saturated carbocycles. The van der Waals surface area contributed by atoms with Crippen molar-refractivity contribution in [2.45, 2.75) is 24.9 Å². The maximum atomic E-state index is 11.7. The zero-order chi connectivity index (χ0) is 12.2. The molecule has 0 bridgehead atoms. The summed E-state index contributed by atoms with van der Waals surface area (Å²) in [5.74, 6) is -1.05. The summed E-state index contributed by atoms with van der Waals surface area (Å²) in [5, 5.41) is 12.3. The normalized spacial score (nSPS) is 11.6. The number of aliphatic carboxylic acids is 1. The number of hydrogen-bond acceptors (Lipinski definition) is 4. The van der Waals surface area contributed by atoms with Crippen LogP contribution in [0, 0.1) is 0 Å². The Labute approximate surface area is 93.1 Å². The lowest BCUT2D eigenvalue weighted by molar-refractivity contribution is -0.136. The molecule has 0 amide bonds. The highest BCUT2D eigenvalue weighted by Gasteiger charge is 2.18. The van der Waals surface area contributed by atoms with E-state index >= 15 is 0 Å². The van der Waals surface area contributed by atoms with Gasteiger partial charge in [-0.1, -0.05) is 0 Å². The molecule has 1 aromatic heterocycles. The summed E-state index contributed by atoms with van der Waals surface area (Å²) >= 11 is 0. The molecule has 0 radical (unpaired) electrons. The predicted octanol–water partition coefficient (Wildman–Crippen LogP) is -0.344. The fourth-order valence-electron chi connectivity index (χ4n) is 1.15. The Kier molecular flexibility index (Phi) is 4.02. The van der Waals surface area contributed by atoms with E-state index in [1.54, 1.807) is 6.92 Å². The highest BCUT2D eigenvalue weighted by Crippen LogP contribution is 2.07. The number of carboxylic acids is 1. The van der Waals surface area contributed by atoms with Crippen molar-refractivity contribution in [3.63, 3.8) is 0 Å². The van der Waals surface area contributed by atoms with Crippen molar-refractivity contribution >= 4 is 16.0 Å². The summed E-state index contributed by atoms with van der Waals surface area (Å²) in [6.45, 7) is 2.07. The zero-order valence-electron chi connectivity index (χ0n) is 8.75. The number of sulfonamides is 1. The topological polar surface area (TPSA) is 101 Å². The van der Waals surface area contributed by atoms with Crippen molar-refractivity contribution < 1.29 is 18.3 Å². The zero-order valence-corrected chi connectivity index (χ0v) is 9.57. The fourth-order valence-corrected chi connectivity index (χ4v) is 2.36. The molecule has 0 atom stereocenters. The summed E-state index contributed by atoms with van der Waals surface area (Å²) in [6, 6.07) is 1.37. The molecule has 0 aliphatic rings. The summed E-state index contributed by atoms with van der Waals surface area (Å²) in [5.41, 5.74) is 0. The molecular formula is C8H13N3O4S. The second kappa shape index (κ2) is 5.08. The maximum absolute atomic E-state index is 11.7. The first-order valence-electron chi connectivity index (χ1n) is 4.70. The van der Waals surface area contributed by atoms with Crippen LogP contribution in [-0.4, -0.2) is 35.8 Å². The monoisotopic (exact) mass is 247 g/mol. The lowest BCUT2D eigenvalue weighted by atomic mass is 10.5. The van der Waals surface area contributed by atoms with Gasteiger partial charge in [-0.3, -0.25) is 9.48 Å². The minimum absolute atomic E-state index is 0.0420. The first kappa shape index (κ1) is 12.7. The van der Waals surface area contributed by atoms with Crippen LogP contribution < -0.4 is 4.72 Å². The molecule has 0 aliphatic heterocycles. The quantitative estimate of drug-likeness (QED) is 0.715. The molecule has 0 spiro atoms. The number of nitrogens with zero attached hydrogens (tertiary/aromatic N) is 2. The third kappa shape index (κ3) is 3.04. The maximum Gasteiger partial charge on any atom is 0.304 e. The Balaban J connectivity index is 2.74. The van der Waals surface area contributed by atoms with Gasteiger partial charge in [0, 0.05) is 13.1 Å². The second-order valence-electron chi connectivity index (χ2n) is 3.03. The number of aryl methyl sites for hydroxylation is 1. The van der Waals surface area contributed by atoms with Crippen LogP contribution in [0.15, 0.2) is 17.3 Å². The van der Waals surface area contributed by atoms with Crippen molar-refractivity contribution in [3.8, 4) is 0 Å². The summed E-state index contributed by atoms with van der Waals surface area (Å²) in [7, 11) is -3.67. The molecule has 0 aliphatic carbocycles. The first-order valence-corrected chi connectivity index (χ1v) is 6.19. The summed E-state index contributed by atoms with van der Waals surface area (Å²) in [6.07, 6.45) is 1.13. The van der Waals surface area contributed by atoms with Crippen LogP contribution in [-0.2, 0) is 21.4 Å². The van der Waals surface area contributed by atoms with Crippen molar-refractivity contribution in [3.05, 3.63) is 12.3 Å². The molecular weight excluding hydrogens is 234 g/mol. The van der Waals surface area contributed by atoms with Gasteiger partial charge < -0.3 is 5.11 Å². The van der Waals surface area contributed by atoms with Gasteiger partial charge in [0.05, 0.1) is 12.6 Å². The molecule has 1 heterocycles. The average Bonchev–Trinajstić information content (AvgIpc) is 2.64. The van der Waals surface area contributed by atoms with Gasteiger partial charge in [0.1, 0.15) is 0 Å². The van der Waals surface area contributed by atoms with Crippen LogP contribution in [0.3, 0.4) is 0 Å². The molecule has 2 N–H and O–H groups in total. The van der Waals surface area contributed by atoms with E-state index in [9.17, 15) is 13.2 Å². The minimum Gasteiger partial charge on any atom is -0.481 e. The third-order valence-corrected chi connectivity index (χ3v) is 3.37. The van der Waals surface area contributed by atoms with Gasteiger partial charge in [-0.15, -0.1) is 0 Å². The Hall–Kier alpha value is -1.41. The Bertz CT molecular complexity index is 465. The van der Waals surface area contributed by atoms with E-state index in [0.717, 1.165) is 0 Å². The Morgan fingerprint density at radius 1 is 1.62 bits per heavy atom. The van der Waals surface area contributed by atoms with Crippen LogP contribution >= 0.6 is 0 Å². The molecule has 0 saturated heterocycles. The molecule has 8 heteroatoms. The number of carbonyl (C=O) groups is 1. The molecule has 7 nitrogen and oxygen atoms in total. The van der Waals surface area contributed by atoms with Gasteiger partial charge in [0.2, 0.25) is 0 Å². The van der Waals surface area contributed by atoms with E-state index in [0.29, 0.717) is 6.54 Å². The van der Waals surface area contributed by atoms with Crippen molar-refractivity contribution in [1.29, 1.82) is 0 Å². The lowest BCUT2D eigenvalue weighted by Crippen LogP contribution is -2.28. The summed E-state index contributed by atoms with van der Waals surface area (Å²) < 4.78 is 26.9. The smallest absolute Gasteiger partial charge is 0.304 e. The molecule has 16 heavy (non-hydrogen) atoms. The first-order chi connectivity index (χ1) is 7.47. The van der Waals surface area contributed by atoms with Crippen molar-refractivity contribution in [2.75, 3.05) is 6.54 Å². The standard InChI is InChI=1S/C8H13N3O4S/c1-2-11-7(3-5-9-11)16(14,15)10-6-4-8(12)13/h3,5,10H,2,4,6H2,1H3,(H,12,13). The van der Waals surface area contributed by atoms with Gasteiger partial charge in [-0.2, -0.15) is 5.10 Å². The number of carboxylic acid groups (broad SMARTS) is 1. The van der Waals surface area contributed by atoms with Crippen LogP contribution in [0.2, 0.25) is 0 Å². The van der Waals surface area contributed by atoms with Gasteiger partial charge in [0.15, 0.2) is 5.03 Å². The van der Waals surface area contributed by atoms with E-state index in [1.807, 2.05) is 0 Å². The SMILES string of the molecule is CCn1nccc1S(=O)(=O)NCCC(=O)O. The highest BCUT2D eigenvalue weighted by molar-refractivity contribution is 7.89. The Morgan fingerprint density at radius 3 is 2.88 bits per heavy atom. The molecule has 1 rings (SSSR count). The molecule has 0 fully saturated rings. The van der Waals surface area contributed by atoms with Crippen LogP contribution in [0.1, 0.15) is 13.3 Å². The van der Waals surface area contributed by atoms with E-state index < -0.39 is 16.0 Å². The van der Waals surface area contributed by atoms with Gasteiger partial charge in [0.25, 0.3) is 10.0 Å². The largest absolute Gasteiger partial charge is 0.481 e. The minimum atomic E-state index is -3.67. The number of nitrogens with one attached hydrogen (secondary N) is 1. The van der Waals surface area contributed by atoms with Crippen molar-refractivity contribution in [2.24, 2.45) is 0 Å². The summed E-state index contributed by atoms with van der Waals surface area (Å²) in [4.78, 5) is 10.2. The van der Waals surface area contributed by atoms with E-state index in [1.165, 1.54) is 16.9 Å². The number of hydrogen-bond donors (Lipinski definition) is 2.